The average Bonchev–Trinajstić information content (AvgIpc) is 2.46. The first-order valence-electron chi connectivity index (χ1n) is 7.23. The lowest BCUT2D eigenvalue weighted by Crippen LogP contribution is -2.46. The molecule has 0 amide bonds. The summed E-state index contributed by atoms with van der Waals surface area (Å²) < 4.78 is 29.2. The monoisotopic (exact) mass is 331 g/mol. The van der Waals surface area contributed by atoms with Crippen molar-refractivity contribution in [2.75, 3.05) is 31.2 Å². The first-order valence-corrected chi connectivity index (χ1v) is 9.43. The second-order valence-electron chi connectivity index (χ2n) is 5.46. The van der Waals surface area contributed by atoms with E-state index in [2.05, 4.69) is 11.8 Å². The van der Waals surface area contributed by atoms with Gasteiger partial charge in [0, 0.05) is 29.9 Å². The van der Waals surface area contributed by atoms with Gasteiger partial charge >= 0.3 is 0 Å². The van der Waals surface area contributed by atoms with E-state index in [4.69, 9.17) is 16.3 Å². The van der Waals surface area contributed by atoms with Gasteiger partial charge in [0.1, 0.15) is 0 Å². The van der Waals surface area contributed by atoms with Crippen LogP contribution in [0.3, 0.4) is 0 Å². The quantitative estimate of drug-likeness (QED) is 0.832. The van der Waals surface area contributed by atoms with Gasteiger partial charge in [0.2, 0.25) is 0 Å². The molecule has 2 rings (SSSR count). The van der Waals surface area contributed by atoms with Crippen molar-refractivity contribution < 1.29 is 13.2 Å². The molecule has 0 aromatic heterocycles. The van der Waals surface area contributed by atoms with Crippen molar-refractivity contribution >= 4 is 21.4 Å². The lowest BCUT2D eigenvalue weighted by Gasteiger charge is -2.38. The second-order valence-corrected chi connectivity index (χ2v) is 8.37. The molecule has 0 bridgehead atoms. The number of rotatable bonds is 5. The van der Waals surface area contributed by atoms with E-state index in [-0.39, 0.29) is 23.7 Å². The lowest BCUT2D eigenvalue weighted by atomic mass is 10.1. The van der Waals surface area contributed by atoms with Crippen molar-refractivity contribution in [2.24, 2.45) is 0 Å². The van der Waals surface area contributed by atoms with E-state index in [9.17, 15) is 8.42 Å². The fourth-order valence-corrected chi connectivity index (χ4v) is 3.43. The van der Waals surface area contributed by atoms with Crippen LogP contribution in [0.15, 0.2) is 24.3 Å². The Labute approximate surface area is 132 Å². The Morgan fingerprint density at radius 3 is 2.86 bits per heavy atom. The zero-order valence-electron chi connectivity index (χ0n) is 12.5. The number of nitrogens with zero attached hydrogens (tertiary/aromatic N) is 1. The average molecular weight is 332 g/mol. The lowest BCUT2D eigenvalue weighted by molar-refractivity contribution is -0.0577. The topological polar surface area (TPSA) is 46.6 Å². The van der Waals surface area contributed by atoms with Crippen LogP contribution in [0.5, 0.6) is 0 Å². The number of ether oxygens (including phenoxy) is 1. The minimum absolute atomic E-state index is 0.0516. The van der Waals surface area contributed by atoms with Gasteiger partial charge in [-0.25, -0.2) is 8.42 Å². The molecule has 4 nitrogen and oxygen atoms in total. The number of halogens is 1. The molecule has 118 valence electrons. The van der Waals surface area contributed by atoms with Crippen LogP contribution in [0.2, 0.25) is 5.02 Å². The second kappa shape index (κ2) is 7.09. The zero-order valence-corrected chi connectivity index (χ0v) is 14.0. The summed E-state index contributed by atoms with van der Waals surface area (Å²) in [5.74, 6) is 0.402. The van der Waals surface area contributed by atoms with E-state index < -0.39 is 9.84 Å². The minimum atomic E-state index is -2.93. The van der Waals surface area contributed by atoms with E-state index in [0.29, 0.717) is 24.7 Å². The Kier molecular flexibility index (Phi) is 5.66. The molecule has 1 aromatic carbocycles. The van der Waals surface area contributed by atoms with Gasteiger partial charge in [-0.3, -0.25) is 4.90 Å². The van der Waals surface area contributed by atoms with Gasteiger partial charge < -0.3 is 4.74 Å². The first kappa shape index (κ1) is 16.7. The van der Waals surface area contributed by atoms with Crippen LogP contribution in [-0.4, -0.2) is 50.6 Å². The summed E-state index contributed by atoms with van der Waals surface area (Å²) in [6, 6.07) is 7.87. The van der Waals surface area contributed by atoms with Crippen molar-refractivity contribution in [2.45, 2.75) is 26.0 Å². The summed E-state index contributed by atoms with van der Waals surface area (Å²) >= 11 is 6.02. The summed E-state index contributed by atoms with van der Waals surface area (Å²) in [4.78, 5) is 2.18. The maximum absolute atomic E-state index is 11.7. The fourth-order valence-electron chi connectivity index (χ4n) is 2.43. The number of benzene rings is 1. The number of hydrogen-bond acceptors (Lipinski definition) is 4. The third kappa shape index (κ3) is 4.68. The molecular formula is C15H22ClNO3S. The molecule has 0 N–H and O–H groups in total. The molecule has 1 aliphatic rings. The molecule has 0 radical (unpaired) electrons. The number of hydrogen-bond donors (Lipinski definition) is 0. The SMILES string of the molecule is CCS(=O)(=O)CCN1CC(c2cccc(Cl)c2)OCC1C. The fraction of sp³-hybridized carbons (Fsp3) is 0.600. The highest BCUT2D eigenvalue weighted by molar-refractivity contribution is 7.91. The van der Waals surface area contributed by atoms with E-state index >= 15 is 0 Å². The summed E-state index contributed by atoms with van der Waals surface area (Å²) in [5.41, 5.74) is 1.04. The van der Waals surface area contributed by atoms with Gasteiger partial charge in [0.25, 0.3) is 0 Å². The van der Waals surface area contributed by atoms with Crippen LogP contribution >= 0.6 is 11.6 Å². The van der Waals surface area contributed by atoms with Gasteiger partial charge in [0.05, 0.1) is 18.5 Å². The Balaban J connectivity index is 2.02. The Morgan fingerprint density at radius 1 is 1.43 bits per heavy atom. The smallest absolute Gasteiger partial charge is 0.151 e. The van der Waals surface area contributed by atoms with Crippen LogP contribution in [0, 0.1) is 0 Å². The largest absolute Gasteiger partial charge is 0.371 e. The number of morpholine rings is 1. The van der Waals surface area contributed by atoms with Gasteiger partial charge in [-0.2, -0.15) is 0 Å². The molecule has 21 heavy (non-hydrogen) atoms. The normalized spacial score (nSPS) is 24.1. The van der Waals surface area contributed by atoms with E-state index in [0.717, 1.165) is 5.56 Å². The van der Waals surface area contributed by atoms with Crippen molar-refractivity contribution in [1.82, 2.24) is 4.90 Å². The van der Waals surface area contributed by atoms with E-state index in [1.807, 2.05) is 24.3 Å². The Morgan fingerprint density at radius 2 is 2.19 bits per heavy atom. The van der Waals surface area contributed by atoms with Crippen LogP contribution in [0.25, 0.3) is 0 Å². The summed E-state index contributed by atoms with van der Waals surface area (Å²) in [5, 5.41) is 0.690. The predicted octanol–water partition coefficient (Wildman–Crippen LogP) is 2.54. The standard InChI is InChI=1S/C15H22ClNO3S/c1-3-21(18,19)8-7-17-10-15(20-11-12(17)2)13-5-4-6-14(16)9-13/h4-6,9,12,15H,3,7-8,10-11H2,1-2H3. The Hall–Kier alpha value is -0.620. The van der Waals surface area contributed by atoms with Crippen molar-refractivity contribution in [3.05, 3.63) is 34.9 Å². The molecular weight excluding hydrogens is 310 g/mol. The zero-order chi connectivity index (χ0) is 15.5. The third-order valence-corrected chi connectivity index (χ3v) is 5.83. The van der Waals surface area contributed by atoms with Crippen LogP contribution in [0.1, 0.15) is 25.5 Å². The molecule has 0 saturated carbocycles. The molecule has 2 atom stereocenters. The molecule has 1 saturated heterocycles. The van der Waals surface area contributed by atoms with E-state index in [1.54, 1.807) is 6.92 Å². The molecule has 1 aromatic rings. The molecule has 6 heteroatoms. The Bertz CT molecular complexity index is 576. The highest BCUT2D eigenvalue weighted by Gasteiger charge is 2.27. The van der Waals surface area contributed by atoms with Crippen molar-refractivity contribution in [3.8, 4) is 0 Å². The highest BCUT2D eigenvalue weighted by atomic mass is 35.5. The maximum Gasteiger partial charge on any atom is 0.151 e. The van der Waals surface area contributed by atoms with Crippen molar-refractivity contribution in [1.29, 1.82) is 0 Å². The van der Waals surface area contributed by atoms with Gasteiger partial charge in [-0.15, -0.1) is 0 Å². The van der Waals surface area contributed by atoms with E-state index in [1.165, 1.54) is 0 Å². The van der Waals surface area contributed by atoms with Crippen LogP contribution in [0.4, 0.5) is 0 Å². The summed E-state index contributed by atoms with van der Waals surface area (Å²) in [6.45, 7) is 5.60. The summed E-state index contributed by atoms with van der Waals surface area (Å²) in [6.07, 6.45) is -0.0516. The molecule has 2 unspecified atom stereocenters. The molecule has 0 spiro atoms. The third-order valence-electron chi connectivity index (χ3n) is 3.91. The van der Waals surface area contributed by atoms with Crippen LogP contribution in [-0.2, 0) is 14.6 Å². The van der Waals surface area contributed by atoms with Crippen molar-refractivity contribution in [3.63, 3.8) is 0 Å². The highest BCUT2D eigenvalue weighted by Crippen LogP contribution is 2.26. The molecule has 1 fully saturated rings. The number of sulfone groups is 1. The molecule has 1 aliphatic heterocycles. The molecule has 0 aliphatic carbocycles. The van der Waals surface area contributed by atoms with Gasteiger partial charge in [-0.05, 0) is 24.6 Å². The maximum atomic E-state index is 11.7. The predicted molar refractivity (Wildman–Crippen MR) is 85.5 cm³/mol. The van der Waals surface area contributed by atoms with Crippen LogP contribution < -0.4 is 0 Å². The minimum Gasteiger partial charge on any atom is -0.371 e. The molecule has 1 heterocycles. The van der Waals surface area contributed by atoms with Gasteiger partial charge in [-0.1, -0.05) is 30.7 Å². The first-order chi connectivity index (χ1) is 9.91. The van der Waals surface area contributed by atoms with Gasteiger partial charge in [0.15, 0.2) is 9.84 Å². The summed E-state index contributed by atoms with van der Waals surface area (Å²) in [7, 11) is -2.93.